The second kappa shape index (κ2) is 9.26. The molecule has 0 unspecified atom stereocenters. The molecule has 2 heterocycles. The molecule has 1 aromatic heterocycles. The summed E-state index contributed by atoms with van der Waals surface area (Å²) in [5, 5.41) is 5.81. The first-order valence-corrected chi connectivity index (χ1v) is 11.2. The maximum Gasteiger partial charge on any atom is 0.323 e. The van der Waals surface area contributed by atoms with Crippen LogP contribution in [0.4, 0.5) is 16.2 Å². The first-order valence-electron chi connectivity index (χ1n) is 11.2. The number of nitrogens with one attached hydrogen (secondary N) is 2. The lowest BCUT2D eigenvalue weighted by Gasteiger charge is -2.25. The monoisotopic (exact) mass is 465 g/mol. The Labute approximate surface area is 201 Å². The van der Waals surface area contributed by atoms with Crippen LogP contribution in [0.25, 0.3) is 5.69 Å². The van der Waals surface area contributed by atoms with E-state index in [9.17, 15) is 14.4 Å². The smallest absolute Gasteiger partial charge is 0.323 e. The molecule has 0 fully saturated rings. The van der Waals surface area contributed by atoms with Crippen LogP contribution in [0.2, 0.25) is 0 Å². The molecule has 0 saturated heterocycles. The van der Waals surface area contributed by atoms with E-state index in [0.29, 0.717) is 23.6 Å². The van der Waals surface area contributed by atoms with E-state index in [1.54, 1.807) is 30.5 Å². The van der Waals surface area contributed by atoms with Crippen molar-refractivity contribution in [3.8, 4) is 5.69 Å². The van der Waals surface area contributed by atoms with E-state index in [1.807, 2.05) is 55.5 Å². The lowest BCUT2D eigenvalue weighted by atomic mass is 10.0. The molecule has 0 saturated carbocycles. The number of aryl methyl sites for hydroxylation is 1. The zero-order chi connectivity index (χ0) is 24.4. The van der Waals surface area contributed by atoms with Crippen LogP contribution in [0.15, 0.2) is 96.2 Å². The van der Waals surface area contributed by atoms with Gasteiger partial charge in [-0.1, -0.05) is 42.0 Å². The fourth-order valence-electron chi connectivity index (χ4n) is 4.17. The molecule has 0 aliphatic carbocycles. The van der Waals surface area contributed by atoms with E-state index < -0.39 is 6.04 Å². The Morgan fingerprint density at radius 3 is 2.34 bits per heavy atom. The average Bonchev–Trinajstić information content (AvgIpc) is 3.26. The maximum atomic E-state index is 13.4. The molecule has 3 aromatic carbocycles. The number of nitrogens with zero attached hydrogens (tertiary/aromatic N) is 3. The molecular weight excluding hydrogens is 442 g/mol. The van der Waals surface area contributed by atoms with Crippen LogP contribution < -0.4 is 16.2 Å². The highest BCUT2D eigenvalue weighted by atomic mass is 16.2. The summed E-state index contributed by atoms with van der Waals surface area (Å²) in [6, 6.07) is 20.9. The number of carbonyl (C=O) groups is 2. The summed E-state index contributed by atoms with van der Waals surface area (Å²) in [7, 11) is 0. The molecule has 8 nitrogen and oxygen atoms in total. The quantitative estimate of drug-likeness (QED) is 0.471. The highest BCUT2D eigenvalue weighted by Gasteiger charge is 2.38. The highest BCUT2D eigenvalue weighted by molar-refractivity contribution is 6.00. The Balaban J connectivity index is 1.37. The van der Waals surface area contributed by atoms with Crippen molar-refractivity contribution in [1.82, 2.24) is 14.5 Å². The van der Waals surface area contributed by atoms with E-state index in [-0.39, 0.29) is 17.5 Å². The van der Waals surface area contributed by atoms with Gasteiger partial charge in [-0.2, -0.15) is 0 Å². The van der Waals surface area contributed by atoms with Gasteiger partial charge < -0.3 is 15.5 Å². The minimum Gasteiger partial charge on any atom is -0.324 e. The fraction of sp³-hybridized carbons (Fsp3) is 0.111. The van der Waals surface area contributed by atoms with E-state index in [0.717, 1.165) is 16.7 Å². The molecule has 174 valence electrons. The molecule has 0 bridgehead atoms. The van der Waals surface area contributed by atoms with Crippen molar-refractivity contribution >= 4 is 23.3 Å². The fourth-order valence-corrected chi connectivity index (χ4v) is 4.17. The number of aromatic nitrogens is 2. The van der Waals surface area contributed by atoms with Crippen LogP contribution in [0.3, 0.4) is 0 Å². The molecule has 1 aliphatic rings. The summed E-state index contributed by atoms with van der Waals surface area (Å²) in [5.41, 5.74) is 4.45. The van der Waals surface area contributed by atoms with Gasteiger partial charge >= 0.3 is 6.03 Å². The topological polar surface area (TPSA) is 96.3 Å². The van der Waals surface area contributed by atoms with Gasteiger partial charge in [0, 0.05) is 36.0 Å². The number of urea groups is 1. The number of benzene rings is 3. The van der Waals surface area contributed by atoms with E-state index in [1.165, 1.54) is 21.9 Å². The Morgan fingerprint density at radius 2 is 1.60 bits per heavy atom. The Hall–Kier alpha value is -4.72. The lowest BCUT2D eigenvalue weighted by molar-refractivity contribution is -0.120. The number of hydrogen-bond donors (Lipinski definition) is 2. The van der Waals surface area contributed by atoms with E-state index in [2.05, 4.69) is 15.6 Å². The predicted octanol–water partition coefficient (Wildman–Crippen LogP) is 4.27. The first kappa shape index (κ1) is 22.1. The van der Waals surface area contributed by atoms with Crippen LogP contribution in [0.1, 0.15) is 22.7 Å². The SMILES string of the molecule is Cc1ccc(NC(=O)N2Cc3ccccc3[C@@H]2C(=O)Nc2ccc(-n3ccncc3=O)cc2)cc1. The molecular formula is C27H23N5O3. The summed E-state index contributed by atoms with van der Waals surface area (Å²) in [6.45, 7) is 2.31. The summed E-state index contributed by atoms with van der Waals surface area (Å²) in [6.07, 6.45) is 4.35. The van der Waals surface area contributed by atoms with Gasteiger partial charge in [-0.05, 0) is 54.4 Å². The van der Waals surface area contributed by atoms with Gasteiger partial charge in [-0.3, -0.25) is 19.1 Å². The van der Waals surface area contributed by atoms with Gasteiger partial charge in [-0.25, -0.2) is 4.79 Å². The highest BCUT2D eigenvalue weighted by Crippen LogP contribution is 2.35. The van der Waals surface area contributed by atoms with Gasteiger partial charge in [0.15, 0.2) is 0 Å². The standard InChI is InChI=1S/C27H23N5O3/c1-18-6-8-21(9-7-18)30-27(35)32-17-19-4-2-3-5-23(19)25(32)26(34)29-20-10-12-22(13-11-20)31-15-14-28-16-24(31)33/h2-16,25H,17H2,1H3,(H,29,34)(H,30,35)/t25-/m1/s1. The third kappa shape index (κ3) is 4.54. The minimum atomic E-state index is -0.779. The number of anilines is 2. The number of amides is 3. The van der Waals surface area contributed by atoms with Crippen molar-refractivity contribution < 1.29 is 9.59 Å². The Kier molecular flexibility index (Phi) is 5.85. The normalized spacial score (nSPS) is 14.3. The average molecular weight is 466 g/mol. The molecule has 1 aliphatic heterocycles. The number of fused-ring (bicyclic) bond motifs is 1. The zero-order valence-electron chi connectivity index (χ0n) is 19.0. The summed E-state index contributed by atoms with van der Waals surface area (Å²) in [5.74, 6) is -0.317. The molecule has 35 heavy (non-hydrogen) atoms. The van der Waals surface area contributed by atoms with Crippen LogP contribution in [-0.4, -0.2) is 26.4 Å². The number of rotatable bonds is 4. The molecule has 2 N–H and O–H groups in total. The van der Waals surface area contributed by atoms with Gasteiger partial charge in [0.2, 0.25) is 0 Å². The molecule has 5 rings (SSSR count). The Morgan fingerprint density at radius 1 is 0.914 bits per heavy atom. The maximum absolute atomic E-state index is 13.4. The third-order valence-corrected chi connectivity index (χ3v) is 5.95. The van der Waals surface area contributed by atoms with Gasteiger partial charge in [0.1, 0.15) is 6.04 Å². The van der Waals surface area contributed by atoms with Gasteiger partial charge in [-0.15, -0.1) is 0 Å². The van der Waals surface area contributed by atoms with Gasteiger partial charge in [0.25, 0.3) is 11.5 Å². The van der Waals surface area contributed by atoms with Crippen molar-refractivity contribution in [2.75, 3.05) is 10.6 Å². The number of hydrogen-bond acceptors (Lipinski definition) is 4. The van der Waals surface area contributed by atoms with Crippen LogP contribution >= 0.6 is 0 Å². The van der Waals surface area contributed by atoms with Crippen LogP contribution in [-0.2, 0) is 11.3 Å². The van der Waals surface area contributed by atoms with Crippen molar-refractivity contribution in [1.29, 1.82) is 0 Å². The predicted molar refractivity (Wildman–Crippen MR) is 133 cm³/mol. The molecule has 0 spiro atoms. The molecule has 4 aromatic rings. The third-order valence-electron chi connectivity index (χ3n) is 5.95. The largest absolute Gasteiger partial charge is 0.324 e. The van der Waals surface area contributed by atoms with Crippen molar-refractivity contribution in [2.45, 2.75) is 19.5 Å². The van der Waals surface area contributed by atoms with E-state index >= 15 is 0 Å². The molecule has 8 heteroatoms. The minimum absolute atomic E-state index is 0.248. The van der Waals surface area contributed by atoms with E-state index in [4.69, 9.17) is 0 Å². The second-order valence-corrected chi connectivity index (χ2v) is 8.35. The van der Waals surface area contributed by atoms with Gasteiger partial charge in [0.05, 0.1) is 6.20 Å². The second-order valence-electron chi connectivity index (χ2n) is 8.35. The van der Waals surface area contributed by atoms with Crippen LogP contribution in [0, 0.1) is 6.92 Å². The summed E-state index contributed by atoms with van der Waals surface area (Å²) < 4.78 is 1.46. The molecule has 3 amide bonds. The summed E-state index contributed by atoms with van der Waals surface area (Å²) >= 11 is 0. The summed E-state index contributed by atoms with van der Waals surface area (Å²) in [4.78, 5) is 43.9. The first-order chi connectivity index (χ1) is 17.0. The van der Waals surface area contributed by atoms with Crippen molar-refractivity contribution in [3.05, 3.63) is 118 Å². The molecule has 0 radical (unpaired) electrons. The van der Waals surface area contributed by atoms with Crippen molar-refractivity contribution in [2.24, 2.45) is 0 Å². The lowest BCUT2D eigenvalue weighted by Crippen LogP contribution is -2.39. The zero-order valence-corrected chi connectivity index (χ0v) is 19.0. The molecule has 1 atom stereocenters. The van der Waals surface area contributed by atoms with Crippen molar-refractivity contribution in [3.63, 3.8) is 0 Å². The Bertz CT molecular complexity index is 1440. The van der Waals surface area contributed by atoms with Crippen LogP contribution in [0.5, 0.6) is 0 Å². The number of carbonyl (C=O) groups excluding carboxylic acids is 2.